The van der Waals surface area contributed by atoms with E-state index in [2.05, 4.69) is 9.88 Å². The molecule has 0 radical (unpaired) electrons. The standard InChI is InChI=1S/C30H32F2N6O2/c1-21-28(36-16-14-35(15-17-36)18-22-10-12-34-13-11-22)29(39)38(20-27(33)23-6-3-2-4-7-23)30(40)37(21)19-24-25(31)8-5-9-26(24)32/h2-13,27H,14-20,33H2,1H3. The molecule has 3 heterocycles. The first kappa shape index (κ1) is 27.4. The van der Waals surface area contributed by atoms with Gasteiger partial charge in [-0.05, 0) is 42.3 Å². The van der Waals surface area contributed by atoms with Gasteiger partial charge in [-0.1, -0.05) is 36.4 Å². The second-order valence-corrected chi connectivity index (χ2v) is 10.1. The van der Waals surface area contributed by atoms with Gasteiger partial charge in [-0.3, -0.25) is 23.8 Å². The van der Waals surface area contributed by atoms with E-state index in [9.17, 15) is 18.4 Å². The Morgan fingerprint density at radius 3 is 2.15 bits per heavy atom. The molecule has 5 rings (SSSR count). The number of hydrogen-bond acceptors (Lipinski definition) is 6. The molecule has 0 bridgehead atoms. The van der Waals surface area contributed by atoms with Crippen LogP contribution in [-0.4, -0.2) is 45.2 Å². The summed E-state index contributed by atoms with van der Waals surface area (Å²) in [5.41, 5.74) is 7.70. The Morgan fingerprint density at radius 1 is 0.850 bits per heavy atom. The van der Waals surface area contributed by atoms with E-state index >= 15 is 0 Å². The van der Waals surface area contributed by atoms with Gasteiger partial charge in [0.15, 0.2) is 0 Å². The van der Waals surface area contributed by atoms with Crippen molar-refractivity contribution < 1.29 is 8.78 Å². The average Bonchev–Trinajstić information content (AvgIpc) is 2.96. The van der Waals surface area contributed by atoms with Crippen molar-refractivity contribution in [3.8, 4) is 0 Å². The third kappa shape index (κ3) is 5.73. The van der Waals surface area contributed by atoms with E-state index in [1.165, 1.54) is 10.6 Å². The third-order valence-electron chi connectivity index (χ3n) is 7.49. The SMILES string of the molecule is Cc1c(N2CCN(Cc3ccncc3)CC2)c(=O)n(CC(N)c2ccccc2)c(=O)n1Cc1c(F)cccc1F. The molecule has 1 unspecified atom stereocenters. The number of halogens is 2. The van der Waals surface area contributed by atoms with Gasteiger partial charge in [0.2, 0.25) is 0 Å². The number of benzene rings is 2. The lowest BCUT2D eigenvalue weighted by Crippen LogP contribution is -2.51. The van der Waals surface area contributed by atoms with Crippen LogP contribution in [0.25, 0.3) is 0 Å². The molecule has 0 amide bonds. The van der Waals surface area contributed by atoms with Crippen LogP contribution in [0.5, 0.6) is 0 Å². The molecular weight excluding hydrogens is 514 g/mol. The highest BCUT2D eigenvalue weighted by atomic mass is 19.1. The van der Waals surface area contributed by atoms with Crippen molar-refractivity contribution in [1.82, 2.24) is 19.0 Å². The summed E-state index contributed by atoms with van der Waals surface area (Å²) in [5.74, 6) is -1.51. The van der Waals surface area contributed by atoms with Crippen LogP contribution in [0.15, 0.2) is 82.6 Å². The minimum atomic E-state index is -0.753. The molecule has 208 valence electrons. The summed E-state index contributed by atoms with van der Waals surface area (Å²) < 4.78 is 31.6. The molecule has 0 spiro atoms. The topological polar surface area (TPSA) is 89.4 Å². The lowest BCUT2D eigenvalue weighted by atomic mass is 10.1. The lowest BCUT2D eigenvalue weighted by molar-refractivity contribution is 0.249. The molecule has 2 aromatic heterocycles. The van der Waals surface area contributed by atoms with Crippen LogP contribution >= 0.6 is 0 Å². The van der Waals surface area contributed by atoms with Crippen molar-refractivity contribution in [2.75, 3.05) is 31.1 Å². The minimum absolute atomic E-state index is 0.0727. The zero-order valence-corrected chi connectivity index (χ0v) is 22.3. The first-order valence-electron chi connectivity index (χ1n) is 13.3. The number of nitrogens with zero attached hydrogens (tertiary/aromatic N) is 5. The molecule has 1 atom stereocenters. The molecule has 0 saturated carbocycles. The van der Waals surface area contributed by atoms with Gasteiger partial charge in [-0.2, -0.15) is 0 Å². The van der Waals surface area contributed by atoms with Crippen LogP contribution in [0.4, 0.5) is 14.5 Å². The Labute approximate surface area is 230 Å². The maximum absolute atomic E-state index is 14.6. The van der Waals surface area contributed by atoms with Crippen molar-refractivity contribution in [2.45, 2.75) is 32.6 Å². The lowest BCUT2D eigenvalue weighted by Gasteiger charge is -2.37. The summed E-state index contributed by atoms with van der Waals surface area (Å²) >= 11 is 0. The Bertz CT molecular complexity index is 1560. The third-order valence-corrected chi connectivity index (χ3v) is 7.49. The van der Waals surface area contributed by atoms with Gasteiger partial charge in [0, 0.05) is 62.4 Å². The average molecular weight is 547 g/mol. The summed E-state index contributed by atoms with van der Waals surface area (Å²) in [7, 11) is 0. The second kappa shape index (κ2) is 11.9. The Morgan fingerprint density at radius 2 is 1.50 bits per heavy atom. The second-order valence-electron chi connectivity index (χ2n) is 10.1. The van der Waals surface area contributed by atoms with E-state index in [1.807, 2.05) is 47.4 Å². The van der Waals surface area contributed by atoms with E-state index < -0.39 is 28.9 Å². The van der Waals surface area contributed by atoms with E-state index in [0.29, 0.717) is 37.6 Å². The molecule has 40 heavy (non-hydrogen) atoms. The highest BCUT2D eigenvalue weighted by Gasteiger charge is 2.26. The fourth-order valence-corrected chi connectivity index (χ4v) is 5.22. The molecule has 4 aromatic rings. The van der Waals surface area contributed by atoms with Gasteiger partial charge < -0.3 is 10.6 Å². The maximum Gasteiger partial charge on any atom is 0.331 e. The van der Waals surface area contributed by atoms with Gasteiger partial charge in [0.05, 0.1) is 13.1 Å². The van der Waals surface area contributed by atoms with E-state index in [0.717, 1.165) is 34.4 Å². The molecule has 1 aliphatic rings. The van der Waals surface area contributed by atoms with Gasteiger partial charge in [-0.15, -0.1) is 0 Å². The summed E-state index contributed by atoms with van der Waals surface area (Å²) in [6.45, 7) is 4.50. The van der Waals surface area contributed by atoms with Crippen LogP contribution in [0, 0.1) is 18.6 Å². The van der Waals surface area contributed by atoms with Crippen molar-refractivity contribution in [2.24, 2.45) is 5.73 Å². The fraction of sp³-hybridized carbons (Fsp3) is 0.300. The van der Waals surface area contributed by atoms with Crippen LogP contribution in [0.2, 0.25) is 0 Å². The highest BCUT2D eigenvalue weighted by molar-refractivity contribution is 5.50. The molecule has 1 saturated heterocycles. The molecule has 10 heteroatoms. The van der Waals surface area contributed by atoms with Crippen LogP contribution in [0.1, 0.15) is 28.4 Å². The predicted molar refractivity (Wildman–Crippen MR) is 150 cm³/mol. The predicted octanol–water partition coefficient (Wildman–Crippen LogP) is 3.06. The zero-order valence-electron chi connectivity index (χ0n) is 22.3. The number of hydrogen-bond donors (Lipinski definition) is 1. The summed E-state index contributed by atoms with van der Waals surface area (Å²) in [6, 6.07) is 16.1. The number of nitrogens with two attached hydrogens (primary N) is 1. The molecule has 2 N–H and O–H groups in total. The minimum Gasteiger partial charge on any atom is -0.363 e. The first-order chi connectivity index (χ1) is 19.3. The molecule has 1 fully saturated rings. The summed E-state index contributed by atoms with van der Waals surface area (Å²) in [6.07, 6.45) is 3.53. The van der Waals surface area contributed by atoms with E-state index in [1.54, 1.807) is 19.3 Å². The van der Waals surface area contributed by atoms with Crippen LogP contribution in [0.3, 0.4) is 0 Å². The van der Waals surface area contributed by atoms with Gasteiger partial charge >= 0.3 is 5.69 Å². The number of aromatic nitrogens is 3. The van der Waals surface area contributed by atoms with Crippen molar-refractivity contribution in [3.63, 3.8) is 0 Å². The first-order valence-corrected chi connectivity index (χ1v) is 13.3. The highest BCUT2D eigenvalue weighted by Crippen LogP contribution is 2.21. The Kier molecular flexibility index (Phi) is 8.18. The fourth-order valence-electron chi connectivity index (χ4n) is 5.22. The maximum atomic E-state index is 14.6. The van der Waals surface area contributed by atoms with Crippen LogP contribution < -0.4 is 21.9 Å². The normalized spacial score (nSPS) is 14.8. The van der Waals surface area contributed by atoms with E-state index in [4.69, 9.17) is 5.73 Å². The number of pyridine rings is 1. The number of rotatable bonds is 8. The number of anilines is 1. The molecule has 1 aliphatic heterocycles. The van der Waals surface area contributed by atoms with Gasteiger partial charge in [0.25, 0.3) is 5.56 Å². The van der Waals surface area contributed by atoms with Gasteiger partial charge in [0.1, 0.15) is 17.3 Å². The number of piperazine rings is 1. The Hall–Kier alpha value is -4.15. The van der Waals surface area contributed by atoms with Crippen molar-refractivity contribution >= 4 is 5.69 Å². The van der Waals surface area contributed by atoms with Crippen LogP contribution in [-0.2, 0) is 19.6 Å². The summed E-state index contributed by atoms with van der Waals surface area (Å²) in [4.78, 5) is 35.9. The van der Waals surface area contributed by atoms with Crippen molar-refractivity contribution in [1.29, 1.82) is 0 Å². The van der Waals surface area contributed by atoms with E-state index in [-0.39, 0.29) is 18.7 Å². The molecule has 2 aromatic carbocycles. The smallest absolute Gasteiger partial charge is 0.331 e. The Balaban J connectivity index is 1.51. The monoisotopic (exact) mass is 546 g/mol. The summed E-state index contributed by atoms with van der Waals surface area (Å²) in [5, 5.41) is 0. The molecular formula is C30H32F2N6O2. The molecule has 8 nitrogen and oxygen atoms in total. The molecule has 0 aliphatic carbocycles. The van der Waals surface area contributed by atoms with Gasteiger partial charge in [-0.25, -0.2) is 13.6 Å². The quantitative estimate of drug-likeness (QED) is 0.366. The largest absolute Gasteiger partial charge is 0.363 e. The zero-order chi connectivity index (χ0) is 28.2. The van der Waals surface area contributed by atoms with Crippen molar-refractivity contribution in [3.05, 3.63) is 128 Å².